The molecular formula is C23H27N3O2. The summed E-state index contributed by atoms with van der Waals surface area (Å²) in [7, 11) is 0. The minimum Gasteiger partial charge on any atom is -0.486 e. The average Bonchev–Trinajstić information content (AvgIpc) is 2.89. The molecule has 28 heavy (non-hydrogen) atoms. The van der Waals surface area contributed by atoms with Gasteiger partial charge in [-0.1, -0.05) is 43.2 Å². The third-order valence-electron chi connectivity index (χ3n) is 5.35. The molecule has 0 atom stereocenters. The fourth-order valence-corrected chi connectivity index (χ4v) is 3.84. The van der Waals surface area contributed by atoms with E-state index in [4.69, 9.17) is 9.72 Å². The highest BCUT2D eigenvalue weighted by molar-refractivity contribution is 5.78. The van der Waals surface area contributed by atoms with E-state index in [1.165, 1.54) is 12.8 Å². The van der Waals surface area contributed by atoms with Crippen LogP contribution in [0.15, 0.2) is 54.6 Å². The van der Waals surface area contributed by atoms with Crippen molar-refractivity contribution in [2.24, 2.45) is 0 Å². The second-order valence-corrected chi connectivity index (χ2v) is 7.32. The van der Waals surface area contributed by atoms with Gasteiger partial charge in [0.05, 0.1) is 11.0 Å². The summed E-state index contributed by atoms with van der Waals surface area (Å²) < 4.78 is 8.06. The maximum Gasteiger partial charge on any atom is 0.224 e. The van der Waals surface area contributed by atoms with E-state index in [2.05, 4.69) is 10.6 Å². The molecule has 4 rings (SSSR count). The molecule has 1 fully saturated rings. The number of hydrogen-bond donors (Lipinski definition) is 0. The van der Waals surface area contributed by atoms with Crippen LogP contribution in [0.5, 0.6) is 5.75 Å². The first kappa shape index (κ1) is 18.5. The summed E-state index contributed by atoms with van der Waals surface area (Å²) in [4.78, 5) is 19.5. The summed E-state index contributed by atoms with van der Waals surface area (Å²) in [6.07, 6.45) is 5.21. The lowest BCUT2D eigenvalue weighted by Gasteiger charge is -2.20. The van der Waals surface area contributed by atoms with Gasteiger partial charge < -0.3 is 14.2 Å². The molecule has 1 aliphatic heterocycles. The smallest absolute Gasteiger partial charge is 0.224 e. The highest BCUT2D eigenvalue weighted by atomic mass is 16.5. The van der Waals surface area contributed by atoms with Crippen LogP contribution in [-0.4, -0.2) is 33.4 Å². The van der Waals surface area contributed by atoms with E-state index in [0.717, 1.165) is 48.5 Å². The first-order valence-electron chi connectivity index (χ1n) is 10.2. The Kier molecular flexibility index (Phi) is 5.90. The number of nitrogens with zero attached hydrogens (tertiary/aromatic N) is 3. The maximum atomic E-state index is 12.7. The molecule has 2 heterocycles. The zero-order chi connectivity index (χ0) is 19.2. The van der Waals surface area contributed by atoms with Gasteiger partial charge in [0.2, 0.25) is 5.91 Å². The van der Waals surface area contributed by atoms with Gasteiger partial charge >= 0.3 is 0 Å². The van der Waals surface area contributed by atoms with Crippen LogP contribution in [0, 0.1) is 0 Å². The Morgan fingerprint density at radius 2 is 1.64 bits per heavy atom. The van der Waals surface area contributed by atoms with E-state index >= 15 is 0 Å². The quantitative estimate of drug-likeness (QED) is 0.639. The Bertz CT molecular complexity index is 912. The molecule has 0 N–H and O–H groups in total. The maximum absolute atomic E-state index is 12.7. The molecule has 2 aromatic carbocycles. The number of para-hydroxylation sites is 3. The first-order valence-corrected chi connectivity index (χ1v) is 10.2. The molecule has 1 saturated heterocycles. The minimum atomic E-state index is 0.245. The highest BCUT2D eigenvalue weighted by Crippen LogP contribution is 2.19. The summed E-state index contributed by atoms with van der Waals surface area (Å²) in [6, 6.07) is 17.8. The number of likely N-dealkylation sites (tertiary alicyclic amines) is 1. The summed E-state index contributed by atoms with van der Waals surface area (Å²) in [5, 5.41) is 0. The van der Waals surface area contributed by atoms with Crippen LogP contribution in [0.3, 0.4) is 0 Å². The van der Waals surface area contributed by atoms with E-state index in [1.807, 2.05) is 53.4 Å². The molecule has 0 aliphatic carbocycles. The fraction of sp³-hybridized carbons (Fsp3) is 0.391. The van der Waals surface area contributed by atoms with E-state index in [1.54, 1.807) is 0 Å². The molecule has 0 unspecified atom stereocenters. The van der Waals surface area contributed by atoms with E-state index in [-0.39, 0.29) is 5.91 Å². The van der Waals surface area contributed by atoms with Crippen LogP contribution in [0.1, 0.15) is 37.9 Å². The second kappa shape index (κ2) is 8.91. The van der Waals surface area contributed by atoms with Gasteiger partial charge in [-0.2, -0.15) is 0 Å². The van der Waals surface area contributed by atoms with Crippen molar-refractivity contribution < 1.29 is 9.53 Å². The van der Waals surface area contributed by atoms with Gasteiger partial charge in [-0.15, -0.1) is 0 Å². The molecule has 5 heteroatoms. The lowest BCUT2D eigenvalue weighted by molar-refractivity contribution is -0.131. The van der Waals surface area contributed by atoms with Crippen molar-refractivity contribution in [3.05, 3.63) is 60.4 Å². The van der Waals surface area contributed by atoms with Crippen LogP contribution in [0.2, 0.25) is 0 Å². The van der Waals surface area contributed by atoms with Gasteiger partial charge in [0.25, 0.3) is 0 Å². The Labute approximate surface area is 165 Å². The molecule has 0 spiro atoms. The summed E-state index contributed by atoms with van der Waals surface area (Å²) in [5.74, 6) is 1.92. The number of amides is 1. The van der Waals surface area contributed by atoms with Crippen LogP contribution in [-0.2, 0) is 17.9 Å². The second-order valence-electron chi connectivity index (χ2n) is 7.32. The Balaban J connectivity index is 1.49. The molecule has 1 aliphatic rings. The number of carbonyl (C=O) groups is 1. The number of aromatic nitrogens is 2. The molecule has 0 bridgehead atoms. The van der Waals surface area contributed by atoms with Gasteiger partial charge in [-0.25, -0.2) is 4.98 Å². The molecule has 1 aromatic heterocycles. The number of aryl methyl sites for hydroxylation is 1. The number of rotatable bonds is 6. The van der Waals surface area contributed by atoms with Crippen LogP contribution in [0.25, 0.3) is 11.0 Å². The molecule has 146 valence electrons. The Morgan fingerprint density at radius 3 is 2.43 bits per heavy atom. The number of ether oxygens (including phenoxy) is 1. The molecule has 1 amide bonds. The Morgan fingerprint density at radius 1 is 0.929 bits per heavy atom. The van der Waals surface area contributed by atoms with Crippen molar-refractivity contribution in [2.45, 2.75) is 45.3 Å². The topological polar surface area (TPSA) is 47.4 Å². The lowest BCUT2D eigenvalue weighted by Crippen LogP contribution is -2.32. The molecule has 3 aromatic rings. The van der Waals surface area contributed by atoms with E-state index < -0.39 is 0 Å². The number of fused-ring (bicyclic) bond motifs is 1. The SMILES string of the molecule is O=C(CCn1c(COc2ccccc2)nc2ccccc21)N1CCCCCC1. The van der Waals surface area contributed by atoms with Crippen molar-refractivity contribution in [1.29, 1.82) is 0 Å². The van der Waals surface area contributed by atoms with E-state index in [0.29, 0.717) is 19.6 Å². The monoisotopic (exact) mass is 377 g/mol. The first-order chi connectivity index (χ1) is 13.8. The van der Waals surface area contributed by atoms with Crippen molar-refractivity contribution in [3.8, 4) is 5.75 Å². The molecule has 5 nitrogen and oxygen atoms in total. The zero-order valence-electron chi connectivity index (χ0n) is 16.2. The standard InChI is InChI=1S/C23H27N3O2/c27-23(25-15-8-1-2-9-16-25)14-17-26-21-13-7-6-12-20(21)24-22(26)18-28-19-10-4-3-5-11-19/h3-7,10-13H,1-2,8-9,14-18H2. The number of benzene rings is 2. The van der Waals surface area contributed by atoms with Crippen molar-refractivity contribution in [2.75, 3.05) is 13.1 Å². The fourth-order valence-electron chi connectivity index (χ4n) is 3.84. The van der Waals surface area contributed by atoms with E-state index in [9.17, 15) is 4.79 Å². The number of hydrogen-bond acceptors (Lipinski definition) is 3. The van der Waals surface area contributed by atoms with Crippen LogP contribution in [0.4, 0.5) is 0 Å². The highest BCUT2D eigenvalue weighted by Gasteiger charge is 2.17. The van der Waals surface area contributed by atoms with Crippen molar-refractivity contribution >= 4 is 16.9 Å². The third kappa shape index (κ3) is 4.35. The largest absolute Gasteiger partial charge is 0.486 e. The van der Waals surface area contributed by atoms with Gasteiger partial charge in [-0.3, -0.25) is 4.79 Å². The van der Waals surface area contributed by atoms with Gasteiger partial charge in [-0.05, 0) is 37.1 Å². The van der Waals surface area contributed by atoms with Gasteiger partial charge in [0, 0.05) is 26.1 Å². The van der Waals surface area contributed by atoms with Gasteiger partial charge in [0.1, 0.15) is 18.2 Å². The molecule has 0 radical (unpaired) electrons. The summed E-state index contributed by atoms with van der Waals surface area (Å²) in [5.41, 5.74) is 1.99. The summed E-state index contributed by atoms with van der Waals surface area (Å²) in [6.45, 7) is 2.81. The van der Waals surface area contributed by atoms with Crippen LogP contribution >= 0.6 is 0 Å². The van der Waals surface area contributed by atoms with Crippen molar-refractivity contribution in [1.82, 2.24) is 14.5 Å². The lowest BCUT2D eigenvalue weighted by atomic mass is 10.2. The van der Waals surface area contributed by atoms with Gasteiger partial charge in [0.15, 0.2) is 0 Å². The predicted molar refractivity (Wildman–Crippen MR) is 110 cm³/mol. The van der Waals surface area contributed by atoms with Crippen molar-refractivity contribution in [3.63, 3.8) is 0 Å². The Hall–Kier alpha value is -2.82. The summed E-state index contributed by atoms with van der Waals surface area (Å²) >= 11 is 0. The molecular weight excluding hydrogens is 350 g/mol. The zero-order valence-corrected chi connectivity index (χ0v) is 16.2. The predicted octanol–water partition coefficient (Wildman–Crippen LogP) is 4.41. The number of carbonyl (C=O) groups excluding carboxylic acids is 1. The molecule has 0 saturated carbocycles. The minimum absolute atomic E-state index is 0.245. The normalized spacial score (nSPS) is 14.8. The average molecular weight is 377 g/mol. The number of imidazole rings is 1. The third-order valence-corrected chi connectivity index (χ3v) is 5.35. The van der Waals surface area contributed by atoms with Crippen LogP contribution < -0.4 is 4.74 Å².